The molecule has 17 rings (SSSR count). The number of H-pyrrole nitrogens is 1. The highest BCUT2D eigenvalue weighted by atomic mass is 79.9. The second kappa shape index (κ2) is 51.2. The molecule has 592 valence electrons. The first-order valence-corrected chi connectivity index (χ1v) is 43.2. The Morgan fingerprint density at radius 1 is 0.391 bits per heavy atom. The summed E-state index contributed by atoms with van der Waals surface area (Å²) in [4.78, 5) is 3.35. The molecule has 4 saturated heterocycles. The topological polar surface area (TPSA) is 154 Å². The van der Waals surface area contributed by atoms with E-state index in [1.165, 1.54) is 146 Å². The van der Waals surface area contributed by atoms with Crippen LogP contribution in [0, 0.1) is 6.08 Å². The van der Waals surface area contributed by atoms with Gasteiger partial charge in [-0.2, -0.15) is 0 Å². The number of allylic oxidation sites excluding steroid dienone is 3. The largest absolute Gasteiger partial charge is 0.502 e. The lowest BCUT2D eigenvalue weighted by molar-refractivity contribution is -0.163. The highest BCUT2D eigenvalue weighted by molar-refractivity contribution is 9.09. The smallest absolute Gasteiger partial charge is 0.159 e. The fourth-order valence-electron chi connectivity index (χ4n) is 14.0. The number of hydrogen-bond acceptors (Lipinski definition) is 11. The molecule has 0 spiro atoms. The summed E-state index contributed by atoms with van der Waals surface area (Å²) in [6.45, 7) is 10.8. The average Bonchev–Trinajstić information content (AvgIpc) is 1.63. The van der Waals surface area contributed by atoms with Crippen molar-refractivity contribution < 1.29 is 52.8 Å². The summed E-state index contributed by atoms with van der Waals surface area (Å²) in [5.74, 6) is 0. The predicted octanol–water partition coefficient (Wildman–Crippen LogP) is 23.0. The van der Waals surface area contributed by atoms with E-state index >= 15 is 0 Å². The molecule has 15 nitrogen and oxygen atoms in total. The molecule has 4 fully saturated rings. The number of para-hydroxylation sites is 7. The molecule has 4 aromatic heterocycles. The zero-order chi connectivity index (χ0) is 75.6. The third-order valence-electron chi connectivity index (χ3n) is 19.4. The van der Waals surface area contributed by atoms with Crippen LogP contribution in [-0.2, 0) is 62.3 Å². The Balaban J connectivity index is 0.000000150. The van der Waals surface area contributed by atoms with E-state index in [1.807, 2.05) is 24.3 Å². The maximum atomic E-state index is 9.00. The second-order valence-corrected chi connectivity index (χ2v) is 29.8. The monoisotopic (exact) mass is 1690 g/mol. The van der Waals surface area contributed by atoms with Gasteiger partial charge in [-0.3, -0.25) is 0 Å². The summed E-state index contributed by atoms with van der Waals surface area (Å²) >= 11 is 9.86. The average molecular weight is 1700 g/mol. The van der Waals surface area contributed by atoms with Crippen LogP contribution in [0.4, 0.5) is 0 Å². The van der Waals surface area contributed by atoms with Crippen LogP contribution in [0.15, 0.2) is 188 Å². The molecule has 4 unspecified atom stereocenters. The molecule has 11 aromatic rings. The van der Waals surface area contributed by atoms with Crippen molar-refractivity contribution in [1.82, 2.24) is 18.7 Å². The van der Waals surface area contributed by atoms with Crippen molar-refractivity contribution >= 4 is 136 Å². The van der Waals surface area contributed by atoms with E-state index < -0.39 is 0 Å². The van der Waals surface area contributed by atoms with Crippen LogP contribution in [-0.4, -0.2) is 143 Å². The Bertz CT molecular complexity index is 4100. The zero-order valence-corrected chi connectivity index (χ0v) is 68.3. The Kier molecular flexibility index (Phi) is 40.7. The third kappa shape index (κ3) is 27.4. The Morgan fingerprint density at radius 2 is 0.727 bits per heavy atom. The van der Waals surface area contributed by atoms with Crippen LogP contribution >= 0.6 is 47.8 Å². The molecule has 7 aromatic carbocycles. The number of nitrogens with zero attached hydrogens (tertiary/aromatic N) is 3. The van der Waals surface area contributed by atoms with Gasteiger partial charge in [-0.1, -0.05) is 177 Å². The number of aromatic nitrogens is 4. The fraction of sp³-hybridized carbons (Fsp3) is 0.457. The van der Waals surface area contributed by atoms with Crippen LogP contribution < -0.4 is 0 Å². The Morgan fingerprint density at radius 3 is 1.02 bits per heavy atom. The molecule has 18 heteroatoms. The summed E-state index contributed by atoms with van der Waals surface area (Å²) in [6.07, 6.45) is 35.2. The maximum absolute atomic E-state index is 9.00. The summed E-state index contributed by atoms with van der Waals surface area (Å²) in [5, 5.41) is 29.2. The van der Waals surface area contributed by atoms with Crippen molar-refractivity contribution in [2.24, 2.45) is 0 Å². The standard InChI is InChI=1S/2C20H23NO2.C15H15NO.C12H8N.2C8H15BrO2.C5H8O.C3H7BrO.CH4/c2*1-3-10-18-16(8-1)17-9-2-4-11-19(17)21(18)13-7-15-23-20-12-5-6-14-22-20;17-11-5-10-16-14-8-3-1-6-12(14)13-7-2-4-9-15(13)16;1-3-7-11-9(5-1)10-6-2-4-8-12(10)13-11;2*9-5-3-7-11-8-4-1-2-6-10-8;1-2-4-6-5-3-1;4-2-1-3-5;/h2*1-4,8-11,20H,5-7,12-15H2;1-4,6-9,17H,5,10-11H2;1-3,5-8,13H;2*8H,1-7H2;2,4H,1,3,5H2;5H,1-3H2;1H4/q;;;+1;;;;;. The number of rotatable bonds is 23. The molecule has 0 saturated carbocycles. The molecule has 0 bridgehead atoms. The van der Waals surface area contributed by atoms with E-state index in [4.69, 9.17) is 52.8 Å². The summed E-state index contributed by atoms with van der Waals surface area (Å²) in [7, 11) is 0. The minimum absolute atomic E-state index is 0. The Labute approximate surface area is 678 Å². The molecule has 0 amide bonds. The third-order valence-corrected chi connectivity index (χ3v) is 21.1. The van der Waals surface area contributed by atoms with Gasteiger partial charge in [-0.05, 0) is 183 Å². The van der Waals surface area contributed by atoms with Gasteiger partial charge in [-0.15, -0.1) is 0 Å². The van der Waals surface area contributed by atoms with Gasteiger partial charge in [0.15, 0.2) is 30.9 Å². The molecule has 5 aliphatic heterocycles. The lowest BCUT2D eigenvalue weighted by atomic mass is 10.1. The highest BCUT2D eigenvalue weighted by Gasteiger charge is 2.20. The summed E-state index contributed by atoms with van der Waals surface area (Å²) in [6, 6.07) is 59.8. The van der Waals surface area contributed by atoms with Gasteiger partial charge in [0.1, 0.15) is 17.7 Å². The number of alkyl halides is 3. The van der Waals surface area contributed by atoms with Gasteiger partial charge in [0.2, 0.25) is 0 Å². The normalized spacial score (nSPS) is 17.6. The van der Waals surface area contributed by atoms with Gasteiger partial charge in [-0.25, -0.2) is 0 Å². The van der Waals surface area contributed by atoms with Crippen LogP contribution in [0.5, 0.6) is 0 Å². The van der Waals surface area contributed by atoms with E-state index in [0.717, 1.165) is 165 Å². The molecule has 110 heavy (non-hydrogen) atoms. The van der Waals surface area contributed by atoms with E-state index in [2.05, 4.69) is 242 Å². The van der Waals surface area contributed by atoms with Gasteiger partial charge >= 0.3 is 0 Å². The molecular formula is C92H118Br3N4O11+. The predicted molar refractivity (Wildman–Crippen MR) is 466 cm³/mol. The lowest BCUT2D eigenvalue weighted by Crippen LogP contribution is -2.23. The number of benzene rings is 7. The molecule has 4 atom stereocenters. The first kappa shape index (κ1) is 87.4. The highest BCUT2D eigenvalue weighted by Crippen LogP contribution is 2.33. The van der Waals surface area contributed by atoms with E-state index in [1.54, 1.807) is 6.26 Å². The molecule has 3 N–H and O–H groups in total. The number of ether oxygens (including phenoxy) is 9. The minimum atomic E-state index is 0. The second-order valence-electron chi connectivity index (χ2n) is 27.4. The van der Waals surface area contributed by atoms with Gasteiger partial charge < -0.3 is 71.5 Å². The van der Waals surface area contributed by atoms with Gasteiger partial charge in [0.25, 0.3) is 0 Å². The number of hydrogen-bond donors (Lipinski definition) is 3. The van der Waals surface area contributed by atoms with E-state index in [0.29, 0.717) is 6.61 Å². The first-order valence-electron chi connectivity index (χ1n) is 39.8. The maximum Gasteiger partial charge on any atom is 0.159 e. The molecule has 0 radical (unpaired) electrons. The molecule has 9 heterocycles. The molecule has 6 aliphatic rings. The van der Waals surface area contributed by atoms with E-state index in [-0.39, 0.29) is 39.2 Å². The first-order chi connectivity index (χ1) is 54.0. The van der Waals surface area contributed by atoms with Gasteiger partial charge in [0, 0.05) is 152 Å². The van der Waals surface area contributed by atoms with Crippen molar-refractivity contribution in [1.29, 1.82) is 0 Å². The van der Waals surface area contributed by atoms with Crippen LogP contribution in [0.3, 0.4) is 0 Å². The van der Waals surface area contributed by atoms with Crippen molar-refractivity contribution in [3.63, 3.8) is 0 Å². The number of aromatic amines is 1. The van der Waals surface area contributed by atoms with Crippen molar-refractivity contribution in [2.45, 2.75) is 181 Å². The SMILES string of the molecule is BrCCCOC1CCCCO1.BrCCCOC1CCCCO1.C.C1=COCCC1.OCCCBr.OCCCn1c2ccccc2c2ccccc21.[C+]1=Cc2[nH]c3ccccc3c2C=C1.c1ccc2c(c1)c1ccccc1n2CCCOC1CCCCO1.c1ccc2c(c1)c1ccccc1n2CCCOC1CCCCO1. The van der Waals surface area contributed by atoms with Crippen molar-refractivity contribution in [3.8, 4) is 0 Å². The number of fused-ring (bicyclic) bond motifs is 12. The molecular weight excluding hydrogens is 1580 g/mol. The number of aliphatic hydroxyl groups excluding tert-OH is 2. The minimum Gasteiger partial charge on any atom is -0.502 e. The number of aliphatic hydroxyl groups is 2. The van der Waals surface area contributed by atoms with Crippen LogP contribution in [0.25, 0.3) is 88.5 Å². The van der Waals surface area contributed by atoms with Crippen molar-refractivity contribution in [3.05, 3.63) is 206 Å². The summed E-state index contributed by atoms with van der Waals surface area (Å²) in [5.41, 5.74) is 11.4. The van der Waals surface area contributed by atoms with Crippen LogP contribution in [0.1, 0.15) is 147 Å². The molecule has 1 aliphatic carbocycles. The Hall–Kier alpha value is -6.55. The lowest BCUT2D eigenvalue weighted by Gasteiger charge is -2.22. The van der Waals surface area contributed by atoms with Crippen LogP contribution in [0.2, 0.25) is 0 Å². The zero-order valence-electron chi connectivity index (χ0n) is 63.6. The van der Waals surface area contributed by atoms with Gasteiger partial charge in [0.05, 0.1) is 50.9 Å². The van der Waals surface area contributed by atoms with Crippen molar-refractivity contribution in [2.75, 3.05) is 88.7 Å². The summed E-state index contributed by atoms with van der Waals surface area (Å²) < 4.78 is 56.7. The fourth-order valence-corrected chi connectivity index (χ4v) is 14.7. The number of halogens is 3. The van der Waals surface area contributed by atoms with E-state index in [9.17, 15) is 0 Å². The quantitative estimate of drug-likeness (QED) is 0.0318. The number of nitrogens with one attached hydrogen (secondary N) is 1. The number of aryl methyl sites for hydroxylation is 3.